The Hall–Kier alpha value is -1.36. The van der Waals surface area contributed by atoms with E-state index in [2.05, 4.69) is 10.4 Å². The predicted octanol–water partition coefficient (Wildman–Crippen LogP) is 1.12. The molecular formula is C11H19N3O2. The molecule has 2 N–H and O–H groups in total. The van der Waals surface area contributed by atoms with Crippen molar-refractivity contribution in [3.8, 4) is 0 Å². The van der Waals surface area contributed by atoms with Gasteiger partial charge >= 0.3 is 5.97 Å². The molecule has 0 saturated heterocycles. The number of nitrogens with one attached hydrogen (secondary N) is 1. The van der Waals surface area contributed by atoms with Crippen molar-refractivity contribution in [2.75, 3.05) is 6.54 Å². The van der Waals surface area contributed by atoms with Crippen LogP contribution in [0, 0.1) is 0 Å². The first-order valence-corrected chi connectivity index (χ1v) is 5.67. The third-order valence-electron chi connectivity index (χ3n) is 2.39. The van der Waals surface area contributed by atoms with Gasteiger partial charge in [-0.25, -0.2) is 0 Å². The van der Waals surface area contributed by atoms with E-state index in [1.807, 2.05) is 23.9 Å². The minimum absolute atomic E-state index is 0.414. The van der Waals surface area contributed by atoms with Gasteiger partial charge in [0, 0.05) is 18.9 Å². The zero-order valence-corrected chi connectivity index (χ0v) is 9.59. The van der Waals surface area contributed by atoms with E-state index in [9.17, 15) is 4.79 Å². The second-order valence-electron chi connectivity index (χ2n) is 3.76. The topological polar surface area (TPSA) is 67.2 Å². The van der Waals surface area contributed by atoms with Crippen LogP contribution in [-0.4, -0.2) is 33.4 Å². The number of aliphatic carboxylic acids is 1. The number of hydrogen-bond donors (Lipinski definition) is 2. The molecule has 90 valence electrons. The summed E-state index contributed by atoms with van der Waals surface area (Å²) in [5, 5.41) is 16.0. The van der Waals surface area contributed by atoms with Crippen molar-refractivity contribution in [1.29, 1.82) is 0 Å². The van der Waals surface area contributed by atoms with Crippen LogP contribution in [0.15, 0.2) is 18.5 Å². The summed E-state index contributed by atoms with van der Waals surface area (Å²) in [6.07, 6.45) is 6.08. The number of hydrogen-bond acceptors (Lipinski definition) is 3. The smallest absolute Gasteiger partial charge is 0.320 e. The summed E-state index contributed by atoms with van der Waals surface area (Å²) in [4.78, 5) is 10.8. The number of aromatic nitrogens is 2. The first kappa shape index (κ1) is 12.7. The Labute approximate surface area is 95.5 Å². The van der Waals surface area contributed by atoms with Crippen LogP contribution in [0.25, 0.3) is 0 Å². The molecular weight excluding hydrogens is 206 g/mol. The highest BCUT2D eigenvalue weighted by Crippen LogP contribution is 1.97. The van der Waals surface area contributed by atoms with Crippen molar-refractivity contribution in [1.82, 2.24) is 15.1 Å². The normalized spacial score (nSPS) is 12.6. The highest BCUT2D eigenvalue weighted by Gasteiger charge is 2.14. The lowest BCUT2D eigenvalue weighted by Crippen LogP contribution is -2.37. The molecule has 16 heavy (non-hydrogen) atoms. The van der Waals surface area contributed by atoms with E-state index < -0.39 is 12.0 Å². The molecule has 0 amide bonds. The summed E-state index contributed by atoms with van der Waals surface area (Å²) in [6.45, 7) is 3.51. The van der Waals surface area contributed by atoms with Gasteiger partial charge in [0.15, 0.2) is 0 Å². The number of carboxylic acid groups (broad SMARTS) is 1. The monoisotopic (exact) mass is 225 g/mol. The summed E-state index contributed by atoms with van der Waals surface area (Å²) in [5.74, 6) is -0.763. The molecule has 0 spiro atoms. The second-order valence-corrected chi connectivity index (χ2v) is 3.76. The van der Waals surface area contributed by atoms with E-state index in [0.29, 0.717) is 13.0 Å². The van der Waals surface area contributed by atoms with Gasteiger partial charge < -0.3 is 10.4 Å². The number of nitrogens with zero attached hydrogens (tertiary/aromatic N) is 2. The van der Waals surface area contributed by atoms with Crippen molar-refractivity contribution in [3.05, 3.63) is 18.5 Å². The summed E-state index contributed by atoms with van der Waals surface area (Å²) in [5.41, 5.74) is 0. The maximum Gasteiger partial charge on any atom is 0.320 e. The zero-order chi connectivity index (χ0) is 11.8. The highest BCUT2D eigenvalue weighted by molar-refractivity contribution is 5.73. The molecule has 1 aromatic heterocycles. The van der Waals surface area contributed by atoms with Gasteiger partial charge in [-0.15, -0.1) is 0 Å². The SMILES string of the molecule is CCCC(NCCCn1cccn1)C(=O)O. The molecule has 1 aromatic rings. The van der Waals surface area contributed by atoms with Gasteiger partial charge in [-0.2, -0.15) is 5.10 Å². The minimum Gasteiger partial charge on any atom is -0.480 e. The fourth-order valence-corrected chi connectivity index (χ4v) is 1.55. The summed E-state index contributed by atoms with van der Waals surface area (Å²) >= 11 is 0. The van der Waals surface area contributed by atoms with Crippen LogP contribution >= 0.6 is 0 Å². The van der Waals surface area contributed by atoms with E-state index in [4.69, 9.17) is 5.11 Å². The fourth-order valence-electron chi connectivity index (χ4n) is 1.55. The first-order chi connectivity index (χ1) is 7.74. The molecule has 0 radical (unpaired) electrons. The van der Waals surface area contributed by atoms with Crippen LogP contribution in [-0.2, 0) is 11.3 Å². The van der Waals surface area contributed by atoms with E-state index in [1.165, 1.54) is 0 Å². The molecule has 1 heterocycles. The van der Waals surface area contributed by atoms with Crippen molar-refractivity contribution < 1.29 is 9.90 Å². The van der Waals surface area contributed by atoms with Gasteiger partial charge in [-0.05, 0) is 25.5 Å². The number of rotatable bonds is 8. The van der Waals surface area contributed by atoms with Crippen molar-refractivity contribution in [2.24, 2.45) is 0 Å². The predicted molar refractivity (Wildman–Crippen MR) is 61.2 cm³/mol. The average Bonchev–Trinajstić information content (AvgIpc) is 2.75. The summed E-state index contributed by atoms with van der Waals surface area (Å²) in [7, 11) is 0. The summed E-state index contributed by atoms with van der Waals surface area (Å²) < 4.78 is 1.84. The average molecular weight is 225 g/mol. The Kier molecular flexibility index (Phi) is 5.56. The molecule has 5 heteroatoms. The molecule has 0 aliphatic heterocycles. The quantitative estimate of drug-likeness (QED) is 0.650. The lowest BCUT2D eigenvalue weighted by Gasteiger charge is -2.13. The Morgan fingerprint density at radius 1 is 1.62 bits per heavy atom. The van der Waals surface area contributed by atoms with Crippen LogP contribution in [0.1, 0.15) is 26.2 Å². The van der Waals surface area contributed by atoms with Crippen LogP contribution in [0.2, 0.25) is 0 Å². The fraction of sp³-hybridized carbons (Fsp3) is 0.636. The Bertz CT molecular complexity index is 298. The van der Waals surface area contributed by atoms with Gasteiger partial charge in [0.2, 0.25) is 0 Å². The van der Waals surface area contributed by atoms with Gasteiger partial charge in [-0.3, -0.25) is 9.48 Å². The van der Waals surface area contributed by atoms with Gasteiger partial charge in [0.25, 0.3) is 0 Å². The largest absolute Gasteiger partial charge is 0.480 e. The molecule has 1 unspecified atom stereocenters. The van der Waals surface area contributed by atoms with Crippen LogP contribution < -0.4 is 5.32 Å². The maximum atomic E-state index is 10.8. The second kappa shape index (κ2) is 7.00. The van der Waals surface area contributed by atoms with Crippen molar-refractivity contribution >= 4 is 5.97 Å². The molecule has 1 atom stereocenters. The number of aryl methyl sites for hydroxylation is 1. The lowest BCUT2D eigenvalue weighted by atomic mass is 10.1. The standard InChI is InChI=1S/C11H19N3O2/c1-2-5-10(11(15)16)12-6-3-8-14-9-4-7-13-14/h4,7,9-10,12H,2-3,5-6,8H2,1H3,(H,15,16). The van der Waals surface area contributed by atoms with Crippen LogP contribution in [0.3, 0.4) is 0 Å². The third-order valence-corrected chi connectivity index (χ3v) is 2.39. The highest BCUT2D eigenvalue weighted by atomic mass is 16.4. The van der Waals surface area contributed by atoms with Gasteiger partial charge in [-0.1, -0.05) is 13.3 Å². The molecule has 1 rings (SSSR count). The van der Waals surface area contributed by atoms with Gasteiger partial charge in [0.05, 0.1) is 0 Å². The Morgan fingerprint density at radius 2 is 2.44 bits per heavy atom. The molecule has 0 aromatic carbocycles. The van der Waals surface area contributed by atoms with E-state index in [-0.39, 0.29) is 0 Å². The minimum atomic E-state index is -0.763. The number of carboxylic acids is 1. The third kappa shape index (κ3) is 4.44. The number of carbonyl (C=O) groups is 1. The summed E-state index contributed by atoms with van der Waals surface area (Å²) in [6, 6.07) is 1.47. The Balaban J connectivity index is 2.15. The van der Waals surface area contributed by atoms with E-state index >= 15 is 0 Å². The molecule has 0 fully saturated rings. The zero-order valence-electron chi connectivity index (χ0n) is 9.59. The van der Waals surface area contributed by atoms with Crippen LogP contribution in [0.4, 0.5) is 0 Å². The molecule has 0 saturated carbocycles. The van der Waals surface area contributed by atoms with Crippen molar-refractivity contribution in [3.63, 3.8) is 0 Å². The lowest BCUT2D eigenvalue weighted by molar-refractivity contribution is -0.139. The van der Waals surface area contributed by atoms with E-state index in [1.54, 1.807) is 6.20 Å². The van der Waals surface area contributed by atoms with Crippen LogP contribution in [0.5, 0.6) is 0 Å². The first-order valence-electron chi connectivity index (χ1n) is 5.67. The Morgan fingerprint density at radius 3 is 3.00 bits per heavy atom. The molecule has 0 bridgehead atoms. The van der Waals surface area contributed by atoms with E-state index in [0.717, 1.165) is 19.4 Å². The molecule has 0 aliphatic rings. The van der Waals surface area contributed by atoms with Crippen molar-refractivity contribution in [2.45, 2.75) is 38.8 Å². The molecule has 5 nitrogen and oxygen atoms in total. The maximum absolute atomic E-state index is 10.8. The van der Waals surface area contributed by atoms with Gasteiger partial charge in [0.1, 0.15) is 6.04 Å². The molecule has 0 aliphatic carbocycles.